The molecule has 2 N–H and O–H groups in total. The van der Waals surface area contributed by atoms with E-state index in [9.17, 15) is 9.90 Å². The second kappa shape index (κ2) is 10.1. The Labute approximate surface area is 176 Å². The van der Waals surface area contributed by atoms with E-state index in [4.69, 9.17) is 9.26 Å². The lowest BCUT2D eigenvalue weighted by Crippen LogP contribution is -2.40. The van der Waals surface area contributed by atoms with Gasteiger partial charge < -0.3 is 29.5 Å². The van der Waals surface area contributed by atoms with Crippen molar-refractivity contribution in [2.75, 3.05) is 57.4 Å². The number of nitrogens with zero attached hydrogens (tertiary/aromatic N) is 3. The number of likely N-dealkylation sites (tertiary alicyclic amines) is 1. The number of amides is 1. The molecule has 0 spiro atoms. The van der Waals surface area contributed by atoms with Gasteiger partial charge in [-0.15, -0.1) is 0 Å². The van der Waals surface area contributed by atoms with Crippen molar-refractivity contribution in [3.05, 3.63) is 35.9 Å². The first-order chi connectivity index (χ1) is 14.7. The van der Waals surface area contributed by atoms with Crippen LogP contribution in [0.5, 0.6) is 0 Å². The number of carbonyl (C=O) groups excluding carboxylic acids is 1. The minimum atomic E-state index is -0.227. The number of rotatable bonds is 7. The summed E-state index contributed by atoms with van der Waals surface area (Å²) in [5, 5.41) is 17.1. The van der Waals surface area contributed by atoms with Crippen LogP contribution in [0.4, 0.5) is 5.82 Å². The van der Waals surface area contributed by atoms with Gasteiger partial charge in [0, 0.05) is 31.7 Å². The van der Waals surface area contributed by atoms with E-state index in [-0.39, 0.29) is 12.0 Å². The van der Waals surface area contributed by atoms with Crippen LogP contribution in [0.3, 0.4) is 0 Å². The van der Waals surface area contributed by atoms with Crippen LogP contribution in [0.2, 0.25) is 0 Å². The number of aliphatic hydroxyl groups excluding tert-OH is 1. The maximum absolute atomic E-state index is 13.1. The summed E-state index contributed by atoms with van der Waals surface area (Å²) in [5.74, 6) is 0.901. The van der Waals surface area contributed by atoms with E-state index in [0.717, 1.165) is 44.5 Å². The van der Waals surface area contributed by atoms with E-state index in [1.165, 1.54) is 0 Å². The van der Waals surface area contributed by atoms with Crippen molar-refractivity contribution in [3.63, 3.8) is 0 Å². The van der Waals surface area contributed by atoms with E-state index >= 15 is 0 Å². The molecule has 8 heteroatoms. The third-order valence-corrected chi connectivity index (χ3v) is 5.67. The van der Waals surface area contributed by atoms with E-state index in [2.05, 4.69) is 15.4 Å². The van der Waals surface area contributed by atoms with Crippen LogP contribution >= 0.6 is 0 Å². The molecule has 3 heterocycles. The molecule has 1 amide bonds. The van der Waals surface area contributed by atoms with Gasteiger partial charge in [-0.1, -0.05) is 35.5 Å². The second-order valence-electron chi connectivity index (χ2n) is 7.88. The number of hydrogen-bond acceptors (Lipinski definition) is 7. The number of hydrogen-bond donors (Lipinski definition) is 2. The first-order valence-electron chi connectivity index (χ1n) is 10.8. The van der Waals surface area contributed by atoms with Gasteiger partial charge in [-0.05, 0) is 32.4 Å². The Morgan fingerprint density at radius 3 is 2.77 bits per heavy atom. The van der Waals surface area contributed by atoms with Crippen LogP contribution in [-0.4, -0.2) is 79.7 Å². The number of aromatic nitrogens is 1. The number of benzene rings is 1. The van der Waals surface area contributed by atoms with Crippen molar-refractivity contribution in [1.82, 2.24) is 15.4 Å². The molecule has 1 aromatic carbocycles. The SMILES string of the molecule is O=C(NCCCN1CCCC(O)C1)c1c(N2CCOCC2)noc1-c1ccccc1. The Hall–Kier alpha value is -2.42. The fraction of sp³-hybridized carbons (Fsp3) is 0.545. The standard InChI is InChI=1S/C22H30N4O4/c27-18-8-4-10-25(16-18)11-5-9-23-22(28)19-20(17-6-2-1-3-7-17)30-24-21(19)26-12-14-29-15-13-26/h1-3,6-7,18,27H,4-5,8-16H2,(H,23,28). The Morgan fingerprint density at radius 2 is 2.00 bits per heavy atom. The molecule has 1 unspecified atom stereocenters. The number of β-amino-alcohol motifs (C(OH)–C–C–N with tert-alkyl or cyclic N) is 1. The van der Waals surface area contributed by atoms with Gasteiger partial charge in [0.15, 0.2) is 11.6 Å². The van der Waals surface area contributed by atoms with Crippen molar-refractivity contribution < 1.29 is 19.2 Å². The minimum Gasteiger partial charge on any atom is -0.392 e. The van der Waals surface area contributed by atoms with Gasteiger partial charge in [0.2, 0.25) is 0 Å². The van der Waals surface area contributed by atoms with Crippen molar-refractivity contribution in [2.24, 2.45) is 0 Å². The van der Waals surface area contributed by atoms with Gasteiger partial charge in [-0.2, -0.15) is 0 Å². The number of aliphatic hydroxyl groups is 1. The lowest BCUT2D eigenvalue weighted by Gasteiger charge is -2.29. The van der Waals surface area contributed by atoms with Gasteiger partial charge >= 0.3 is 0 Å². The minimum absolute atomic E-state index is 0.171. The monoisotopic (exact) mass is 414 g/mol. The first-order valence-corrected chi connectivity index (χ1v) is 10.8. The fourth-order valence-electron chi connectivity index (χ4n) is 4.09. The van der Waals surface area contributed by atoms with E-state index < -0.39 is 0 Å². The average Bonchev–Trinajstić information content (AvgIpc) is 3.23. The number of carbonyl (C=O) groups is 1. The van der Waals surface area contributed by atoms with Gasteiger partial charge in [-0.25, -0.2) is 0 Å². The largest absolute Gasteiger partial charge is 0.392 e. The smallest absolute Gasteiger partial charge is 0.259 e. The number of morpholine rings is 1. The molecular formula is C22H30N4O4. The molecular weight excluding hydrogens is 384 g/mol. The summed E-state index contributed by atoms with van der Waals surface area (Å²) in [6.07, 6.45) is 2.51. The van der Waals surface area contributed by atoms with Crippen LogP contribution in [0.15, 0.2) is 34.9 Å². The number of nitrogens with one attached hydrogen (secondary N) is 1. The highest BCUT2D eigenvalue weighted by atomic mass is 16.5. The number of anilines is 1. The van der Waals surface area contributed by atoms with Gasteiger partial charge in [0.05, 0.1) is 19.3 Å². The van der Waals surface area contributed by atoms with Crippen molar-refractivity contribution in [2.45, 2.75) is 25.4 Å². The van der Waals surface area contributed by atoms with Gasteiger partial charge in [-0.3, -0.25) is 4.79 Å². The number of ether oxygens (including phenoxy) is 1. The zero-order valence-corrected chi connectivity index (χ0v) is 17.3. The summed E-state index contributed by atoms with van der Waals surface area (Å²) in [7, 11) is 0. The van der Waals surface area contributed by atoms with Crippen molar-refractivity contribution in [1.29, 1.82) is 0 Å². The first kappa shape index (κ1) is 20.8. The van der Waals surface area contributed by atoms with Crippen LogP contribution in [0, 0.1) is 0 Å². The van der Waals surface area contributed by atoms with Crippen LogP contribution in [0.25, 0.3) is 11.3 Å². The van der Waals surface area contributed by atoms with Crippen molar-refractivity contribution in [3.8, 4) is 11.3 Å². The summed E-state index contributed by atoms with van der Waals surface area (Å²) in [6, 6.07) is 9.60. The third kappa shape index (κ3) is 5.00. The molecule has 2 saturated heterocycles. The summed E-state index contributed by atoms with van der Waals surface area (Å²) in [6.45, 7) is 5.73. The molecule has 1 aromatic heterocycles. The molecule has 0 saturated carbocycles. The predicted octanol–water partition coefficient (Wildman–Crippen LogP) is 1.75. The highest BCUT2D eigenvalue weighted by Crippen LogP contribution is 2.31. The summed E-state index contributed by atoms with van der Waals surface area (Å²) >= 11 is 0. The highest BCUT2D eigenvalue weighted by molar-refractivity contribution is 6.04. The van der Waals surface area contributed by atoms with Crippen molar-refractivity contribution >= 4 is 11.7 Å². The van der Waals surface area contributed by atoms with Crippen LogP contribution in [0.1, 0.15) is 29.6 Å². The zero-order valence-electron chi connectivity index (χ0n) is 17.3. The normalized spacial score (nSPS) is 20.3. The third-order valence-electron chi connectivity index (χ3n) is 5.67. The lowest BCUT2D eigenvalue weighted by atomic mass is 10.1. The van der Waals surface area contributed by atoms with Crippen LogP contribution < -0.4 is 10.2 Å². The second-order valence-corrected chi connectivity index (χ2v) is 7.88. The topological polar surface area (TPSA) is 91.1 Å². The molecule has 2 aliphatic rings. The van der Waals surface area contributed by atoms with E-state index in [1.54, 1.807) is 0 Å². The summed E-state index contributed by atoms with van der Waals surface area (Å²) < 4.78 is 11.1. The molecule has 0 bridgehead atoms. The Bertz CT molecular complexity index is 820. The molecule has 30 heavy (non-hydrogen) atoms. The quantitative estimate of drug-likeness (QED) is 0.667. The molecule has 0 aliphatic carbocycles. The Kier molecular flexibility index (Phi) is 6.99. The highest BCUT2D eigenvalue weighted by Gasteiger charge is 2.28. The van der Waals surface area contributed by atoms with E-state index in [0.29, 0.717) is 50.0 Å². The molecule has 0 radical (unpaired) electrons. The summed E-state index contributed by atoms with van der Waals surface area (Å²) in [5.41, 5.74) is 1.31. The van der Waals surface area contributed by atoms with Crippen LogP contribution in [-0.2, 0) is 4.74 Å². The summed E-state index contributed by atoms with van der Waals surface area (Å²) in [4.78, 5) is 17.4. The Morgan fingerprint density at radius 1 is 1.20 bits per heavy atom. The average molecular weight is 415 g/mol. The van der Waals surface area contributed by atoms with Gasteiger partial charge in [0.25, 0.3) is 5.91 Å². The zero-order chi connectivity index (χ0) is 20.8. The molecule has 162 valence electrons. The lowest BCUT2D eigenvalue weighted by molar-refractivity contribution is 0.0697. The molecule has 2 aromatic rings. The van der Waals surface area contributed by atoms with Gasteiger partial charge in [0.1, 0.15) is 5.56 Å². The maximum atomic E-state index is 13.1. The van der Waals surface area contributed by atoms with E-state index in [1.807, 2.05) is 35.2 Å². The number of piperidine rings is 1. The molecule has 1 atom stereocenters. The molecule has 2 fully saturated rings. The molecule has 8 nitrogen and oxygen atoms in total. The fourth-order valence-corrected chi connectivity index (χ4v) is 4.09. The maximum Gasteiger partial charge on any atom is 0.259 e. The molecule has 4 rings (SSSR count). The molecule has 2 aliphatic heterocycles. The Balaban J connectivity index is 1.44. The predicted molar refractivity (Wildman–Crippen MR) is 114 cm³/mol.